The fraction of sp³-hybridized carbons (Fsp3) is 0.729. The van der Waals surface area contributed by atoms with Crippen molar-refractivity contribution in [1.29, 1.82) is 0 Å². The Morgan fingerprint density at radius 1 is 0.833 bits per heavy atom. The van der Waals surface area contributed by atoms with Crippen LogP contribution in [0, 0.1) is 50.7 Å². The van der Waals surface area contributed by atoms with Crippen LogP contribution < -0.4 is 0 Å². The average Bonchev–Trinajstić information content (AvgIpc) is 3.55. The Bertz CT molecular complexity index is 1620. The number of nitrogens with zero attached hydrogens (tertiary/aromatic N) is 1. The van der Waals surface area contributed by atoms with Gasteiger partial charge in [-0.2, -0.15) is 0 Å². The maximum atomic E-state index is 11.9. The van der Waals surface area contributed by atoms with E-state index >= 15 is 0 Å². The van der Waals surface area contributed by atoms with Gasteiger partial charge >= 0.3 is 5.97 Å². The van der Waals surface area contributed by atoms with Gasteiger partial charge in [-0.05, 0) is 146 Å². The molecule has 1 aliphatic heterocycles. The number of hydrogen-bond acceptors (Lipinski definition) is 4. The number of fused-ring (bicyclic) bond motifs is 7. The van der Waals surface area contributed by atoms with Gasteiger partial charge in [-0.15, -0.1) is 6.58 Å². The van der Waals surface area contributed by atoms with Gasteiger partial charge in [-0.3, -0.25) is 4.90 Å². The Morgan fingerprint density at radius 3 is 2.04 bits per heavy atom. The smallest absolute Gasteiger partial charge is 0.335 e. The van der Waals surface area contributed by atoms with E-state index in [4.69, 9.17) is 0 Å². The molecule has 1 aromatic carbocycles. The monoisotopic (exact) mass is 764 g/mol. The number of carboxylic acids is 1. The van der Waals surface area contributed by atoms with Gasteiger partial charge in [-0.1, -0.05) is 105 Å². The van der Waals surface area contributed by atoms with Crippen LogP contribution in [0.5, 0.6) is 0 Å². The van der Waals surface area contributed by atoms with Crippen LogP contribution >= 0.6 is 0 Å². The summed E-state index contributed by atoms with van der Waals surface area (Å²) >= 11 is 0. The molecule has 304 valence electrons. The largest absolute Gasteiger partial charge is 0.478 e. The highest BCUT2D eigenvalue weighted by Crippen LogP contribution is 2.77. The van der Waals surface area contributed by atoms with Crippen LogP contribution in [0.4, 0.5) is 0 Å². The quantitative estimate of drug-likeness (QED) is 0.302. The second-order valence-electron chi connectivity index (χ2n) is 18.9. The van der Waals surface area contributed by atoms with Crippen LogP contribution in [0.25, 0.3) is 5.57 Å². The van der Waals surface area contributed by atoms with Gasteiger partial charge < -0.3 is 5.11 Å². The molecular formula is C48H77NO4S. The second-order valence-corrected chi connectivity index (χ2v) is 21.2. The topological polar surface area (TPSA) is 74.7 Å². The van der Waals surface area contributed by atoms with Crippen molar-refractivity contribution in [2.24, 2.45) is 50.7 Å². The van der Waals surface area contributed by atoms with Gasteiger partial charge in [0.1, 0.15) is 0 Å². The number of benzene rings is 1. The molecule has 0 amide bonds. The molecule has 6 aliphatic rings. The molecule has 0 aromatic heterocycles. The third kappa shape index (κ3) is 8.13. The molecule has 0 bridgehead atoms. The van der Waals surface area contributed by atoms with Crippen molar-refractivity contribution in [2.45, 2.75) is 140 Å². The molecule has 5 fully saturated rings. The lowest BCUT2D eigenvalue weighted by Crippen LogP contribution is -2.64. The predicted octanol–water partition coefficient (Wildman–Crippen LogP) is 12.2. The summed E-state index contributed by atoms with van der Waals surface area (Å²) in [6.45, 7) is 30.7. The molecule has 1 saturated heterocycles. The van der Waals surface area contributed by atoms with E-state index in [0.29, 0.717) is 58.2 Å². The van der Waals surface area contributed by atoms with Crippen LogP contribution in [-0.4, -0.2) is 55.5 Å². The maximum Gasteiger partial charge on any atom is 0.335 e. The summed E-state index contributed by atoms with van der Waals surface area (Å²) in [4.78, 5) is 13.8. The summed E-state index contributed by atoms with van der Waals surface area (Å²) in [5, 5.41) is 9.44. The molecule has 0 unspecified atom stereocenters. The third-order valence-corrected chi connectivity index (χ3v) is 17.3. The van der Waals surface area contributed by atoms with E-state index in [1.54, 1.807) is 12.1 Å². The SMILES string of the molecule is C=C(C)C.CC.CC.CC1(C)C(c2ccc(C(=O)O)cc2)=CC[C@]2(C)[C@H]3CC[C@@H]4[C@H]5CCC[C@]5(/C=C/CN5CCS(=O)(=O)CC5)CC[C@@]4(C)[C@]3(C)CC[C@@H]12. The van der Waals surface area contributed by atoms with Crippen LogP contribution in [0.3, 0.4) is 0 Å². The number of hydrogen-bond donors (Lipinski definition) is 1. The number of carbonyl (C=O) groups is 1. The summed E-state index contributed by atoms with van der Waals surface area (Å²) < 4.78 is 23.8. The lowest BCUT2D eigenvalue weighted by molar-refractivity contribution is -0.218. The molecule has 54 heavy (non-hydrogen) atoms. The molecule has 6 heteroatoms. The van der Waals surface area contributed by atoms with E-state index in [1.807, 2.05) is 53.7 Å². The van der Waals surface area contributed by atoms with E-state index in [1.165, 1.54) is 74.5 Å². The normalized spacial score (nSPS) is 37.5. The highest BCUT2D eigenvalue weighted by Gasteiger charge is 2.69. The van der Waals surface area contributed by atoms with E-state index < -0.39 is 15.8 Å². The molecular weight excluding hydrogens is 687 g/mol. The Labute approximate surface area is 331 Å². The summed E-state index contributed by atoms with van der Waals surface area (Å²) in [6, 6.07) is 7.59. The summed E-state index contributed by atoms with van der Waals surface area (Å²) in [6.07, 6.45) is 20.7. The van der Waals surface area contributed by atoms with Gasteiger partial charge in [0.2, 0.25) is 0 Å². The average molecular weight is 764 g/mol. The molecule has 4 saturated carbocycles. The Balaban J connectivity index is 0.000000752. The Hall–Kier alpha value is -2.18. The fourth-order valence-corrected chi connectivity index (χ4v) is 14.4. The van der Waals surface area contributed by atoms with Crippen molar-refractivity contribution in [3.63, 3.8) is 0 Å². The van der Waals surface area contributed by atoms with Crippen molar-refractivity contribution in [2.75, 3.05) is 31.1 Å². The van der Waals surface area contributed by atoms with Crippen molar-refractivity contribution in [3.8, 4) is 0 Å². The van der Waals surface area contributed by atoms with Crippen molar-refractivity contribution < 1.29 is 18.3 Å². The predicted molar refractivity (Wildman–Crippen MR) is 229 cm³/mol. The minimum absolute atomic E-state index is 0.0351. The lowest BCUT2D eigenvalue weighted by Gasteiger charge is -2.72. The van der Waals surface area contributed by atoms with Crippen molar-refractivity contribution in [3.05, 3.63) is 65.8 Å². The number of sulfone groups is 1. The van der Waals surface area contributed by atoms with E-state index in [-0.39, 0.29) is 10.8 Å². The molecule has 7 rings (SSSR count). The zero-order valence-electron chi connectivity index (χ0n) is 36.2. The molecule has 1 N–H and O–H groups in total. The highest BCUT2D eigenvalue weighted by molar-refractivity contribution is 7.91. The lowest BCUT2D eigenvalue weighted by atomic mass is 9.32. The minimum Gasteiger partial charge on any atom is -0.478 e. The third-order valence-electron chi connectivity index (χ3n) is 15.7. The van der Waals surface area contributed by atoms with Crippen LogP contribution in [0.15, 0.2) is 54.6 Å². The first-order chi connectivity index (χ1) is 25.4. The standard InChI is InChI=1S/C40H57NO4S.C4H8.2C2H6/c1-36(2)30(28-9-11-29(12-10-28)35(42)43)15-19-37(3)33(36)16-20-39(5)34(37)14-13-31-32-8-6-17-40(32,22-21-38(31,39)4)18-7-23-41-24-26-46(44,45)27-25-41;1-4(2)3;2*1-2/h7,9-12,15,18,31-34H,6,8,13-14,16-17,19-27H2,1-5H3,(H,42,43);1H2,2-3H3;2*1-2H3/b18-7+;;;/t31-,32-,33+,34-,37+,38-,39-,40+;;;/m1.../s1. The van der Waals surface area contributed by atoms with Crippen LogP contribution in [0.2, 0.25) is 0 Å². The summed E-state index contributed by atoms with van der Waals surface area (Å²) in [7, 11) is -2.84. The van der Waals surface area contributed by atoms with Crippen molar-refractivity contribution >= 4 is 21.4 Å². The van der Waals surface area contributed by atoms with Crippen LogP contribution in [0.1, 0.15) is 156 Å². The molecule has 0 radical (unpaired) electrons. The van der Waals surface area contributed by atoms with Gasteiger partial charge in [-0.25, -0.2) is 13.2 Å². The first-order valence-corrected chi connectivity index (χ1v) is 23.5. The van der Waals surface area contributed by atoms with E-state index in [9.17, 15) is 18.3 Å². The van der Waals surface area contributed by atoms with E-state index in [2.05, 4.69) is 64.3 Å². The zero-order chi connectivity index (χ0) is 40.3. The fourth-order valence-electron chi connectivity index (χ4n) is 13.2. The highest BCUT2D eigenvalue weighted by atomic mass is 32.2. The Kier molecular flexibility index (Phi) is 14.1. The maximum absolute atomic E-state index is 11.9. The van der Waals surface area contributed by atoms with Gasteiger partial charge in [0, 0.05) is 19.6 Å². The molecule has 0 spiro atoms. The summed E-state index contributed by atoms with van der Waals surface area (Å²) in [5.74, 6) is 2.63. The molecule has 1 heterocycles. The Morgan fingerprint density at radius 2 is 1.44 bits per heavy atom. The van der Waals surface area contributed by atoms with Crippen LogP contribution in [-0.2, 0) is 9.84 Å². The van der Waals surface area contributed by atoms with Gasteiger partial charge in [0.15, 0.2) is 9.84 Å². The second kappa shape index (κ2) is 17.1. The molecule has 5 nitrogen and oxygen atoms in total. The van der Waals surface area contributed by atoms with Crippen molar-refractivity contribution in [1.82, 2.24) is 4.90 Å². The molecule has 1 aromatic rings. The number of carboxylic acid groups (broad SMARTS) is 1. The number of rotatable bonds is 5. The van der Waals surface area contributed by atoms with E-state index in [0.717, 1.165) is 24.8 Å². The molecule has 8 atom stereocenters. The minimum atomic E-state index is -2.84. The first-order valence-electron chi connectivity index (χ1n) is 21.7. The number of aromatic carboxylic acids is 1. The first kappa shape index (κ1) is 44.5. The number of allylic oxidation sites excluding steroid dienone is 4. The van der Waals surface area contributed by atoms with Gasteiger partial charge in [0.05, 0.1) is 17.1 Å². The molecule has 5 aliphatic carbocycles. The zero-order valence-corrected chi connectivity index (χ0v) is 37.0. The summed E-state index contributed by atoms with van der Waals surface area (Å²) in [5.41, 5.74) is 5.44. The van der Waals surface area contributed by atoms with Gasteiger partial charge in [0.25, 0.3) is 0 Å².